The molecule has 0 radical (unpaired) electrons. The Morgan fingerprint density at radius 3 is 2.47 bits per heavy atom. The first-order valence-electron chi connectivity index (χ1n) is 12.9. The number of aromatic nitrogens is 5. The van der Waals surface area contributed by atoms with Crippen LogP contribution in [-0.4, -0.2) is 62.1 Å². The summed E-state index contributed by atoms with van der Waals surface area (Å²) in [5, 5.41) is 18.5. The highest BCUT2D eigenvalue weighted by Gasteiger charge is 2.26. The van der Waals surface area contributed by atoms with E-state index in [4.69, 9.17) is 9.72 Å². The van der Waals surface area contributed by atoms with E-state index < -0.39 is 0 Å². The Morgan fingerprint density at radius 2 is 1.69 bits per heavy atom. The average molecular weight is 482 g/mol. The Bertz CT molecular complexity index is 1350. The SMILES string of the molecule is N#CC1CCC(c2nccn3ncc(-c4ccc(-c5cnn(CCN6CCOCC6)c5)cc4)c23)CC1. The quantitative estimate of drug-likeness (QED) is 0.406. The first-order valence-corrected chi connectivity index (χ1v) is 12.9. The molecule has 2 fully saturated rings. The molecule has 0 amide bonds. The van der Waals surface area contributed by atoms with Crippen molar-refractivity contribution < 1.29 is 4.74 Å². The van der Waals surface area contributed by atoms with E-state index >= 15 is 0 Å². The van der Waals surface area contributed by atoms with Crippen LogP contribution in [0.4, 0.5) is 0 Å². The second kappa shape index (κ2) is 10.2. The molecule has 36 heavy (non-hydrogen) atoms. The van der Waals surface area contributed by atoms with Crippen LogP contribution in [-0.2, 0) is 11.3 Å². The molecule has 4 aromatic rings. The first-order chi connectivity index (χ1) is 17.8. The van der Waals surface area contributed by atoms with Crippen molar-refractivity contribution in [1.29, 1.82) is 5.26 Å². The number of nitriles is 1. The van der Waals surface area contributed by atoms with Crippen LogP contribution in [0.25, 0.3) is 27.8 Å². The number of fused-ring (bicyclic) bond motifs is 1. The predicted octanol–water partition coefficient (Wildman–Crippen LogP) is 4.39. The van der Waals surface area contributed by atoms with E-state index in [0.717, 1.165) is 98.5 Å². The normalized spacial score (nSPS) is 21.0. The highest BCUT2D eigenvalue weighted by molar-refractivity contribution is 5.83. The molecule has 1 saturated carbocycles. The summed E-state index contributed by atoms with van der Waals surface area (Å²) >= 11 is 0. The average Bonchev–Trinajstić information content (AvgIpc) is 3.60. The fourth-order valence-electron chi connectivity index (χ4n) is 5.52. The maximum absolute atomic E-state index is 9.28. The molecule has 8 nitrogen and oxygen atoms in total. The van der Waals surface area contributed by atoms with E-state index in [9.17, 15) is 5.26 Å². The Labute approximate surface area is 211 Å². The van der Waals surface area contributed by atoms with Crippen molar-refractivity contribution in [2.75, 3.05) is 32.8 Å². The summed E-state index contributed by atoms with van der Waals surface area (Å²) in [5.74, 6) is 0.554. The summed E-state index contributed by atoms with van der Waals surface area (Å²) < 4.78 is 9.41. The van der Waals surface area contributed by atoms with Gasteiger partial charge in [-0.25, -0.2) is 4.52 Å². The van der Waals surface area contributed by atoms with Crippen LogP contribution in [0.1, 0.15) is 37.3 Å². The number of rotatable bonds is 6. The van der Waals surface area contributed by atoms with Crippen molar-refractivity contribution in [3.63, 3.8) is 0 Å². The summed E-state index contributed by atoms with van der Waals surface area (Å²) in [7, 11) is 0. The molecule has 3 aromatic heterocycles. The van der Waals surface area contributed by atoms with Gasteiger partial charge in [0.2, 0.25) is 0 Å². The summed E-state index contributed by atoms with van der Waals surface area (Å²) in [5.41, 5.74) is 6.70. The maximum atomic E-state index is 9.28. The second-order valence-corrected chi connectivity index (χ2v) is 9.86. The van der Waals surface area contributed by atoms with Crippen molar-refractivity contribution in [3.8, 4) is 28.3 Å². The van der Waals surface area contributed by atoms with E-state index in [-0.39, 0.29) is 5.92 Å². The number of ether oxygens (including phenoxy) is 1. The van der Waals surface area contributed by atoms with Gasteiger partial charge in [-0.15, -0.1) is 0 Å². The van der Waals surface area contributed by atoms with Gasteiger partial charge in [0.15, 0.2) is 0 Å². The van der Waals surface area contributed by atoms with Gasteiger partial charge >= 0.3 is 0 Å². The third-order valence-electron chi connectivity index (χ3n) is 7.67. The molecule has 1 aliphatic heterocycles. The van der Waals surface area contributed by atoms with Crippen LogP contribution in [0, 0.1) is 17.2 Å². The zero-order valence-electron chi connectivity index (χ0n) is 20.5. The number of nitrogens with zero attached hydrogens (tertiary/aromatic N) is 7. The molecule has 0 N–H and O–H groups in total. The molecule has 0 atom stereocenters. The summed E-state index contributed by atoms with van der Waals surface area (Å²) in [4.78, 5) is 7.22. The first kappa shape index (κ1) is 22.9. The monoisotopic (exact) mass is 481 g/mol. The van der Waals surface area contributed by atoms with E-state index in [1.54, 1.807) is 0 Å². The lowest BCUT2D eigenvalue weighted by Crippen LogP contribution is -2.38. The van der Waals surface area contributed by atoms with Crippen LogP contribution < -0.4 is 0 Å². The van der Waals surface area contributed by atoms with Gasteiger partial charge in [0.1, 0.15) is 0 Å². The standard InChI is InChI=1S/C28H31N7O/c29-17-21-1-3-24(4-2-21)27-28-26(19-32-35(28)10-9-30-27)23-7-5-22(6-8-23)25-18-31-34(20-25)12-11-33-13-15-36-16-14-33/h5-10,18-21,24H,1-4,11-16H2. The van der Waals surface area contributed by atoms with Gasteiger partial charge in [-0.3, -0.25) is 14.6 Å². The highest BCUT2D eigenvalue weighted by Crippen LogP contribution is 2.38. The molecule has 184 valence electrons. The third-order valence-corrected chi connectivity index (χ3v) is 7.67. The number of hydrogen-bond acceptors (Lipinski definition) is 6. The molecule has 0 spiro atoms. The highest BCUT2D eigenvalue weighted by atomic mass is 16.5. The zero-order valence-corrected chi connectivity index (χ0v) is 20.5. The summed E-state index contributed by atoms with van der Waals surface area (Å²) in [6.45, 7) is 5.51. The Morgan fingerprint density at radius 1 is 0.917 bits per heavy atom. The fraction of sp³-hybridized carbons (Fsp3) is 0.429. The molecule has 8 heteroatoms. The van der Waals surface area contributed by atoms with Crippen LogP contribution in [0.2, 0.25) is 0 Å². The minimum atomic E-state index is 0.182. The van der Waals surface area contributed by atoms with E-state index in [1.165, 1.54) is 0 Å². The Hall–Kier alpha value is -3.54. The predicted molar refractivity (Wildman–Crippen MR) is 137 cm³/mol. The van der Waals surface area contributed by atoms with Crippen LogP contribution in [0.15, 0.2) is 55.2 Å². The van der Waals surface area contributed by atoms with Gasteiger partial charge in [0, 0.05) is 61.2 Å². The van der Waals surface area contributed by atoms with Crippen molar-refractivity contribution in [2.45, 2.75) is 38.1 Å². The van der Waals surface area contributed by atoms with Crippen molar-refractivity contribution in [3.05, 3.63) is 60.9 Å². The van der Waals surface area contributed by atoms with Gasteiger partial charge in [0.25, 0.3) is 0 Å². The molecule has 0 bridgehead atoms. The van der Waals surface area contributed by atoms with Gasteiger partial charge in [0.05, 0.1) is 49.4 Å². The Balaban J connectivity index is 1.20. The molecule has 1 saturated heterocycles. The van der Waals surface area contributed by atoms with E-state index in [0.29, 0.717) is 5.92 Å². The minimum absolute atomic E-state index is 0.182. The van der Waals surface area contributed by atoms with Crippen LogP contribution >= 0.6 is 0 Å². The smallest absolute Gasteiger partial charge is 0.0958 e. The molecular weight excluding hydrogens is 450 g/mol. The van der Waals surface area contributed by atoms with Crippen molar-refractivity contribution in [1.82, 2.24) is 29.3 Å². The minimum Gasteiger partial charge on any atom is -0.379 e. The van der Waals surface area contributed by atoms with Crippen LogP contribution in [0.5, 0.6) is 0 Å². The largest absolute Gasteiger partial charge is 0.379 e. The number of morpholine rings is 1. The molecule has 1 aliphatic carbocycles. The van der Waals surface area contributed by atoms with Gasteiger partial charge < -0.3 is 4.74 Å². The molecule has 0 unspecified atom stereocenters. The third kappa shape index (κ3) is 4.64. The summed E-state index contributed by atoms with van der Waals surface area (Å²) in [6, 6.07) is 11.1. The number of hydrogen-bond donors (Lipinski definition) is 0. The lowest BCUT2D eigenvalue weighted by atomic mass is 9.80. The molecule has 2 aliphatic rings. The molecule has 6 rings (SSSR count). The molecule has 4 heterocycles. The maximum Gasteiger partial charge on any atom is 0.0958 e. The Kier molecular flexibility index (Phi) is 6.50. The topological polar surface area (TPSA) is 84.3 Å². The fourth-order valence-corrected chi connectivity index (χ4v) is 5.52. The zero-order chi connectivity index (χ0) is 24.3. The lowest BCUT2D eigenvalue weighted by Gasteiger charge is -2.26. The van der Waals surface area contributed by atoms with Gasteiger partial charge in [-0.2, -0.15) is 15.5 Å². The van der Waals surface area contributed by atoms with Gasteiger partial charge in [-0.05, 0) is 36.8 Å². The van der Waals surface area contributed by atoms with Gasteiger partial charge in [-0.1, -0.05) is 24.3 Å². The second-order valence-electron chi connectivity index (χ2n) is 9.86. The molecule has 1 aromatic carbocycles. The van der Waals surface area contributed by atoms with Crippen molar-refractivity contribution in [2.24, 2.45) is 5.92 Å². The van der Waals surface area contributed by atoms with Crippen LogP contribution in [0.3, 0.4) is 0 Å². The van der Waals surface area contributed by atoms with Crippen molar-refractivity contribution >= 4 is 5.52 Å². The lowest BCUT2D eigenvalue weighted by molar-refractivity contribution is 0.0360. The van der Waals surface area contributed by atoms with E-state index in [1.807, 2.05) is 34.0 Å². The number of benzene rings is 1. The van der Waals surface area contributed by atoms with E-state index in [2.05, 4.69) is 51.6 Å². The summed E-state index contributed by atoms with van der Waals surface area (Å²) in [6.07, 6.45) is 13.7. The molecular formula is C28H31N7O.